The smallest absolute Gasteiger partial charge is 0.183 e. The molecule has 0 atom stereocenters. The van der Waals surface area contributed by atoms with Gasteiger partial charge in [-0.15, -0.1) is 10.2 Å². The van der Waals surface area contributed by atoms with E-state index in [9.17, 15) is 5.11 Å². The number of aromatic hydroxyl groups is 1. The lowest BCUT2D eigenvalue weighted by molar-refractivity contribution is 0.477. The van der Waals surface area contributed by atoms with E-state index in [1.165, 1.54) is 0 Å². The number of fused-ring (bicyclic) bond motifs is 1. The first-order valence-corrected chi connectivity index (χ1v) is 6.83. The minimum Gasteiger partial charge on any atom is -0.504 e. The van der Waals surface area contributed by atoms with Gasteiger partial charge in [0.2, 0.25) is 0 Å². The van der Waals surface area contributed by atoms with E-state index in [2.05, 4.69) is 15.2 Å². The second-order valence-corrected chi connectivity index (χ2v) is 5.10. The van der Waals surface area contributed by atoms with E-state index in [0.29, 0.717) is 11.5 Å². The van der Waals surface area contributed by atoms with Crippen molar-refractivity contribution in [3.8, 4) is 5.75 Å². The van der Waals surface area contributed by atoms with E-state index in [1.807, 2.05) is 50.4 Å². The van der Waals surface area contributed by atoms with Gasteiger partial charge in [0.25, 0.3) is 0 Å². The molecule has 0 amide bonds. The van der Waals surface area contributed by atoms with Crippen molar-refractivity contribution in [2.45, 2.75) is 19.8 Å². The molecule has 2 aromatic heterocycles. The molecule has 0 aliphatic carbocycles. The highest BCUT2D eigenvalue weighted by Gasteiger charge is 2.16. The van der Waals surface area contributed by atoms with Crippen LogP contribution >= 0.6 is 0 Å². The van der Waals surface area contributed by atoms with Gasteiger partial charge in [0.05, 0.1) is 11.4 Å². The maximum atomic E-state index is 9.92. The van der Waals surface area contributed by atoms with Crippen LogP contribution in [0.4, 0.5) is 11.5 Å². The summed E-state index contributed by atoms with van der Waals surface area (Å²) in [4.78, 5) is 4.48. The van der Waals surface area contributed by atoms with Crippen molar-refractivity contribution in [1.29, 1.82) is 0 Å². The monoisotopic (exact) mass is 280 g/mol. The van der Waals surface area contributed by atoms with Crippen molar-refractivity contribution in [2.75, 3.05) is 0 Å². The number of rotatable bonds is 3. The summed E-state index contributed by atoms with van der Waals surface area (Å²) in [6.07, 6.45) is 1.83. The average molecular weight is 280 g/mol. The first kappa shape index (κ1) is 13.3. The lowest BCUT2D eigenvalue weighted by Gasteiger charge is -2.01. The predicted molar refractivity (Wildman–Crippen MR) is 81.6 cm³/mol. The summed E-state index contributed by atoms with van der Waals surface area (Å²) in [5, 5.41) is 18.5. The van der Waals surface area contributed by atoms with Gasteiger partial charge in [0.15, 0.2) is 17.2 Å². The maximum absolute atomic E-state index is 9.92. The predicted octanol–water partition coefficient (Wildman–Crippen LogP) is 4.58. The number of azo groups is 1. The average Bonchev–Trinajstić information content (AvgIpc) is 2.87. The van der Waals surface area contributed by atoms with Crippen LogP contribution in [0.25, 0.3) is 5.65 Å². The van der Waals surface area contributed by atoms with Gasteiger partial charge >= 0.3 is 0 Å². The highest BCUT2D eigenvalue weighted by Crippen LogP contribution is 2.32. The lowest BCUT2D eigenvalue weighted by Crippen LogP contribution is -1.87. The van der Waals surface area contributed by atoms with E-state index < -0.39 is 0 Å². The zero-order chi connectivity index (χ0) is 14.8. The third kappa shape index (κ3) is 2.50. The summed E-state index contributed by atoms with van der Waals surface area (Å²) in [7, 11) is 0. The van der Waals surface area contributed by atoms with Gasteiger partial charge in [-0.05, 0) is 30.2 Å². The van der Waals surface area contributed by atoms with Gasteiger partial charge in [-0.25, -0.2) is 4.98 Å². The van der Waals surface area contributed by atoms with Crippen molar-refractivity contribution in [2.24, 2.45) is 10.2 Å². The molecule has 3 rings (SSSR count). The van der Waals surface area contributed by atoms with Crippen molar-refractivity contribution in [1.82, 2.24) is 9.38 Å². The number of hydrogen-bond acceptors (Lipinski definition) is 4. The Balaban J connectivity index is 2.14. The molecule has 0 aliphatic heterocycles. The fourth-order valence-corrected chi connectivity index (χ4v) is 2.14. The van der Waals surface area contributed by atoms with E-state index in [1.54, 1.807) is 16.5 Å². The largest absolute Gasteiger partial charge is 0.504 e. The SMILES string of the molecule is CC(C)c1nc2c(O)cccn2c1N=Nc1ccccc1. The molecule has 21 heavy (non-hydrogen) atoms. The Morgan fingerprint density at radius 3 is 2.52 bits per heavy atom. The van der Waals surface area contributed by atoms with Crippen LogP contribution < -0.4 is 0 Å². The van der Waals surface area contributed by atoms with Crippen LogP contribution in [0.2, 0.25) is 0 Å². The quantitative estimate of drug-likeness (QED) is 0.714. The Kier molecular flexibility index (Phi) is 3.39. The Hall–Kier alpha value is -2.69. The summed E-state index contributed by atoms with van der Waals surface area (Å²) in [6.45, 7) is 4.08. The first-order chi connectivity index (χ1) is 10.2. The lowest BCUT2D eigenvalue weighted by atomic mass is 10.1. The van der Waals surface area contributed by atoms with Crippen LogP contribution in [0, 0.1) is 0 Å². The molecular weight excluding hydrogens is 264 g/mol. The summed E-state index contributed by atoms with van der Waals surface area (Å²) < 4.78 is 1.76. The van der Waals surface area contributed by atoms with Gasteiger partial charge in [-0.2, -0.15) is 0 Å². The number of aromatic nitrogens is 2. The molecule has 1 N–H and O–H groups in total. The number of hydrogen-bond donors (Lipinski definition) is 1. The zero-order valence-electron chi connectivity index (χ0n) is 11.9. The first-order valence-electron chi connectivity index (χ1n) is 6.83. The number of nitrogens with zero attached hydrogens (tertiary/aromatic N) is 4. The van der Waals surface area contributed by atoms with E-state index in [-0.39, 0.29) is 11.7 Å². The number of benzene rings is 1. The summed E-state index contributed by atoms with van der Waals surface area (Å²) in [6, 6.07) is 12.9. The number of pyridine rings is 1. The van der Waals surface area contributed by atoms with Gasteiger partial charge < -0.3 is 5.11 Å². The van der Waals surface area contributed by atoms with Crippen molar-refractivity contribution >= 4 is 17.2 Å². The standard InChI is InChI=1S/C16H16N4O/c1-11(2)14-16(19-18-12-7-4-3-5-8-12)20-10-6-9-13(21)15(20)17-14/h3-11,21H,1-2H3. The summed E-state index contributed by atoms with van der Waals surface area (Å²) in [5.41, 5.74) is 2.10. The van der Waals surface area contributed by atoms with Crippen LogP contribution in [0.5, 0.6) is 5.75 Å². The van der Waals surface area contributed by atoms with Crippen LogP contribution in [0.3, 0.4) is 0 Å². The van der Waals surface area contributed by atoms with Crippen LogP contribution in [0.15, 0.2) is 58.9 Å². The molecule has 0 radical (unpaired) electrons. The molecule has 3 aromatic rings. The van der Waals surface area contributed by atoms with Crippen molar-refractivity contribution < 1.29 is 5.11 Å². The molecule has 0 saturated carbocycles. The Labute approximate surface area is 122 Å². The molecular formula is C16H16N4O. The normalized spacial score (nSPS) is 11.8. The topological polar surface area (TPSA) is 62.2 Å². The number of imidazole rings is 1. The molecule has 0 fully saturated rings. The molecule has 0 spiro atoms. The minimum absolute atomic E-state index is 0.139. The third-order valence-electron chi connectivity index (χ3n) is 3.19. The molecule has 106 valence electrons. The van der Waals surface area contributed by atoms with Crippen molar-refractivity contribution in [3.05, 3.63) is 54.4 Å². The molecule has 0 aliphatic rings. The van der Waals surface area contributed by atoms with Gasteiger partial charge in [0, 0.05) is 6.20 Å². The highest BCUT2D eigenvalue weighted by atomic mass is 16.3. The zero-order valence-corrected chi connectivity index (χ0v) is 11.9. The summed E-state index contributed by atoms with van der Waals surface area (Å²) in [5.74, 6) is 0.981. The van der Waals surface area contributed by atoms with E-state index in [0.717, 1.165) is 11.4 Å². The Morgan fingerprint density at radius 1 is 1.05 bits per heavy atom. The summed E-state index contributed by atoms with van der Waals surface area (Å²) >= 11 is 0. The van der Waals surface area contributed by atoms with Crippen molar-refractivity contribution in [3.63, 3.8) is 0 Å². The Morgan fingerprint density at radius 2 is 1.81 bits per heavy atom. The maximum Gasteiger partial charge on any atom is 0.183 e. The second kappa shape index (κ2) is 5.36. The molecule has 0 saturated heterocycles. The molecule has 2 heterocycles. The molecule has 1 aromatic carbocycles. The van der Waals surface area contributed by atoms with E-state index >= 15 is 0 Å². The van der Waals surface area contributed by atoms with Crippen LogP contribution in [-0.2, 0) is 0 Å². The molecule has 0 bridgehead atoms. The van der Waals surface area contributed by atoms with Gasteiger partial charge in [0.1, 0.15) is 0 Å². The van der Waals surface area contributed by atoms with Gasteiger partial charge in [-0.1, -0.05) is 32.0 Å². The molecule has 0 unspecified atom stereocenters. The van der Waals surface area contributed by atoms with E-state index in [4.69, 9.17) is 0 Å². The van der Waals surface area contributed by atoms with Crippen LogP contribution in [-0.4, -0.2) is 14.5 Å². The fourth-order valence-electron chi connectivity index (χ4n) is 2.14. The molecule has 5 heteroatoms. The highest BCUT2D eigenvalue weighted by molar-refractivity contribution is 5.60. The third-order valence-corrected chi connectivity index (χ3v) is 3.19. The second-order valence-electron chi connectivity index (χ2n) is 5.10. The van der Waals surface area contributed by atoms with Crippen LogP contribution in [0.1, 0.15) is 25.5 Å². The van der Waals surface area contributed by atoms with Gasteiger partial charge in [-0.3, -0.25) is 4.40 Å². The fraction of sp³-hybridized carbons (Fsp3) is 0.188. The molecule has 5 nitrogen and oxygen atoms in total. The minimum atomic E-state index is 0.139. The Bertz CT molecular complexity index is 791.